The predicted octanol–water partition coefficient (Wildman–Crippen LogP) is 11.5. The third kappa shape index (κ3) is 16.0. The van der Waals surface area contributed by atoms with Gasteiger partial charge in [0.15, 0.2) is 0 Å². The lowest BCUT2D eigenvalue weighted by Gasteiger charge is -2.41. The van der Waals surface area contributed by atoms with Crippen LogP contribution in [0.1, 0.15) is 116 Å². The molecule has 80 heavy (non-hydrogen) atoms. The third-order valence-electron chi connectivity index (χ3n) is 14.8. The highest BCUT2D eigenvalue weighted by Crippen LogP contribution is 2.31. The van der Waals surface area contributed by atoms with E-state index in [9.17, 15) is 29.7 Å². The monoisotopic (exact) mass is 1110 g/mol. The van der Waals surface area contributed by atoms with E-state index in [1.807, 2.05) is 93.6 Å². The fourth-order valence-corrected chi connectivity index (χ4v) is 10.3. The van der Waals surface area contributed by atoms with Gasteiger partial charge in [-0.15, -0.1) is 0 Å². The second-order valence-electron chi connectivity index (χ2n) is 20.5. The molecule has 0 radical (unpaired) electrons. The summed E-state index contributed by atoms with van der Waals surface area (Å²) < 4.78 is 5.73. The molecule has 5 unspecified atom stereocenters. The summed E-state index contributed by atoms with van der Waals surface area (Å²) >= 11 is 13.4. The number of carbonyl (C=O) groups excluding carboxylic acids is 4. The summed E-state index contributed by atoms with van der Waals surface area (Å²) in [5.74, 6) is -0.676. The van der Waals surface area contributed by atoms with E-state index in [1.54, 1.807) is 65.5 Å². The van der Waals surface area contributed by atoms with Crippen LogP contribution < -0.4 is 10.6 Å². The van der Waals surface area contributed by atoms with Gasteiger partial charge in [-0.05, 0) is 95.0 Å². The van der Waals surface area contributed by atoms with E-state index < -0.39 is 30.1 Å². The highest BCUT2D eigenvalue weighted by molar-refractivity contribution is 6.42. The van der Waals surface area contributed by atoms with Gasteiger partial charge in [-0.3, -0.25) is 14.4 Å². The number of imidazole rings is 2. The van der Waals surface area contributed by atoms with Crippen LogP contribution in [0, 0.1) is 34.5 Å². The van der Waals surface area contributed by atoms with Crippen LogP contribution >= 0.6 is 23.2 Å². The van der Waals surface area contributed by atoms with E-state index >= 15 is 0 Å². The van der Waals surface area contributed by atoms with Crippen molar-refractivity contribution in [2.75, 3.05) is 13.2 Å². The number of amides is 4. The van der Waals surface area contributed by atoms with Crippen LogP contribution in [0.3, 0.4) is 0 Å². The molecule has 4 N–H and O–H groups in total. The van der Waals surface area contributed by atoms with Gasteiger partial charge in [0.1, 0.15) is 18.3 Å². The number of nitrogens with one attached hydrogen (secondary N) is 4. The predicted molar refractivity (Wildman–Crippen MR) is 311 cm³/mol. The second-order valence-corrected chi connectivity index (χ2v) is 21.3. The maximum Gasteiger partial charge on any atom is 0.410 e. The van der Waals surface area contributed by atoms with E-state index in [4.69, 9.17) is 27.9 Å². The number of hydrogen-bond acceptors (Lipinski definition) is 9. The SMILES string of the molecule is C=CCOC(=O)N(Cc1cccc2ccccc12)CC(NC(=O)[C@@H](C)c1cnc(Cc2ccc(C#N)cc2)[nH]1)C(C)CCC(C(NC(=O)Cc1cnc(Cc2ccc(C#N)cc2)[nH]1)C(C)CC)N(Cc1cccc(Cl)c1Cl)C(C)=O. The first-order chi connectivity index (χ1) is 38.6. The average Bonchev–Trinajstić information content (AvgIpc) is 4.13. The molecule has 0 spiro atoms. The molecule has 6 atom stereocenters. The Hall–Kier alpha value is -8.24. The summed E-state index contributed by atoms with van der Waals surface area (Å²) in [6.45, 7) is 13.5. The number of ether oxygens (including phenoxy) is 1. The Labute approximate surface area is 478 Å². The minimum Gasteiger partial charge on any atom is -0.445 e. The van der Waals surface area contributed by atoms with Crippen LogP contribution in [0.4, 0.5) is 4.79 Å². The number of benzene rings is 5. The standard InChI is InChI=1S/C63H68Cl2N10O5/c1-7-29-80-63(79)74(37-49-15-11-14-48-13-9-10-17-52(48)49)39-55(72-62(78)42(5)54-36-69-58(71-54)31-45-22-26-47(34-67)27-23-45)41(4)19-28-56(75(43(6)76)38-50-16-12-18-53(64)60(50)65)61(40(3)8-2)73-59(77)32-51-35-68-57(70-51)30-44-20-24-46(33-66)25-21-44/h7,9-18,20-27,35-36,40-42,55-56,61H,1,8,19,28-32,37-39H2,2-6H3,(H,68,70)(H,69,71)(H,72,78)(H,73,77)/t40?,41?,42-,55?,56?,61?/m0/s1. The Kier molecular flexibility index (Phi) is 21.2. The normalized spacial score (nSPS) is 13.4. The van der Waals surface area contributed by atoms with Crippen molar-refractivity contribution in [2.45, 2.75) is 110 Å². The van der Waals surface area contributed by atoms with Crippen LogP contribution in [0.2, 0.25) is 10.0 Å². The van der Waals surface area contributed by atoms with Crippen molar-refractivity contribution >= 4 is 57.8 Å². The Balaban J connectivity index is 1.20. The zero-order chi connectivity index (χ0) is 57.3. The Bertz CT molecular complexity index is 3340. The molecule has 414 valence electrons. The number of nitriles is 2. The molecule has 4 amide bonds. The molecule has 0 bridgehead atoms. The van der Waals surface area contributed by atoms with Gasteiger partial charge in [0, 0.05) is 69.2 Å². The summed E-state index contributed by atoms with van der Waals surface area (Å²) in [6.07, 6.45) is 6.59. The molecule has 5 aromatic carbocycles. The van der Waals surface area contributed by atoms with Crippen molar-refractivity contribution < 1.29 is 23.9 Å². The summed E-state index contributed by atoms with van der Waals surface area (Å²) in [5, 5.41) is 27.9. The molecule has 0 aliphatic carbocycles. The topological polar surface area (TPSA) is 213 Å². The first-order valence-electron chi connectivity index (χ1n) is 26.9. The zero-order valence-electron chi connectivity index (χ0n) is 45.8. The second kappa shape index (κ2) is 28.6. The lowest BCUT2D eigenvalue weighted by atomic mass is 9.85. The maximum absolute atomic E-state index is 14.7. The Morgan fingerprint density at radius 2 is 1.39 bits per heavy atom. The lowest BCUT2D eigenvalue weighted by molar-refractivity contribution is -0.134. The molecule has 2 heterocycles. The number of aromatic nitrogens is 4. The van der Waals surface area contributed by atoms with Crippen LogP contribution in [0.15, 0.2) is 134 Å². The maximum atomic E-state index is 14.7. The van der Waals surface area contributed by atoms with Crippen LogP contribution in [-0.2, 0) is 51.5 Å². The molecule has 0 fully saturated rings. The molecule has 15 nitrogen and oxygen atoms in total. The first-order valence-corrected chi connectivity index (χ1v) is 27.7. The fourth-order valence-electron chi connectivity index (χ4n) is 9.93. The van der Waals surface area contributed by atoms with Crippen LogP contribution in [0.5, 0.6) is 0 Å². The minimum absolute atomic E-state index is 0.00926. The van der Waals surface area contributed by atoms with Gasteiger partial charge in [0.05, 0.1) is 57.7 Å². The number of rotatable bonds is 26. The average molecular weight is 1120 g/mol. The smallest absolute Gasteiger partial charge is 0.410 e. The van der Waals surface area contributed by atoms with Crippen LogP contribution in [-0.4, -0.2) is 84.8 Å². The Morgan fingerprint density at radius 3 is 2.04 bits per heavy atom. The number of nitrogens with zero attached hydrogens (tertiary/aromatic N) is 6. The lowest BCUT2D eigenvalue weighted by Crippen LogP contribution is -2.56. The largest absolute Gasteiger partial charge is 0.445 e. The quantitative estimate of drug-likeness (QED) is 0.0379. The van der Waals surface area contributed by atoms with Gasteiger partial charge in [0.2, 0.25) is 17.7 Å². The van der Waals surface area contributed by atoms with Crippen molar-refractivity contribution in [3.8, 4) is 12.1 Å². The minimum atomic E-state index is -0.693. The number of hydrogen-bond donors (Lipinski definition) is 4. The molecule has 2 aromatic heterocycles. The molecule has 0 aliphatic heterocycles. The van der Waals surface area contributed by atoms with E-state index in [0.29, 0.717) is 81.9 Å². The molecule has 0 aliphatic rings. The summed E-state index contributed by atoms with van der Waals surface area (Å²) in [5.41, 5.74) is 5.74. The number of aromatic amines is 2. The van der Waals surface area contributed by atoms with Crippen LogP contribution in [0.25, 0.3) is 10.8 Å². The van der Waals surface area contributed by atoms with Gasteiger partial charge in [-0.25, -0.2) is 14.8 Å². The van der Waals surface area contributed by atoms with E-state index in [-0.39, 0.29) is 62.2 Å². The van der Waals surface area contributed by atoms with Crippen molar-refractivity contribution in [1.29, 1.82) is 10.5 Å². The molecule has 0 saturated heterocycles. The summed E-state index contributed by atoms with van der Waals surface area (Å²) in [6, 6.07) is 36.1. The van der Waals surface area contributed by atoms with Crippen molar-refractivity contribution in [2.24, 2.45) is 11.8 Å². The number of fused-ring (bicyclic) bond motifs is 1. The molecule has 17 heteroatoms. The van der Waals surface area contributed by atoms with Gasteiger partial charge >= 0.3 is 6.09 Å². The zero-order valence-corrected chi connectivity index (χ0v) is 47.4. The summed E-state index contributed by atoms with van der Waals surface area (Å²) in [4.78, 5) is 76.5. The molecule has 7 rings (SSSR count). The number of H-pyrrole nitrogens is 2. The summed E-state index contributed by atoms with van der Waals surface area (Å²) in [7, 11) is 0. The van der Waals surface area contributed by atoms with E-state index in [2.05, 4.69) is 49.3 Å². The highest BCUT2D eigenvalue weighted by Gasteiger charge is 2.36. The van der Waals surface area contributed by atoms with Gasteiger partial charge in [0.25, 0.3) is 0 Å². The Morgan fingerprint density at radius 1 is 0.762 bits per heavy atom. The molecular weight excluding hydrogens is 1050 g/mol. The number of carbonyl (C=O) groups is 4. The van der Waals surface area contributed by atoms with E-state index in [0.717, 1.165) is 27.5 Å². The molecule has 7 aromatic rings. The van der Waals surface area contributed by atoms with Gasteiger partial charge in [-0.2, -0.15) is 10.5 Å². The first kappa shape index (κ1) is 59.4. The van der Waals surface area contributed by atoms with Crippen molar-refractivity contribution in [1.82, 2.24) is 40.4 Å². The molecule has 0 saturated carbocycles. The van der Waals surface area contributed by atoms with E-state index in [1.165, 1.54) is 13.0 Å². The van der Waals surface area contributed by atoms with Crippen molar-refractivity contribution in [3.05, 3.63) is 201 Å². The molecular formula is C63H68Cl2N10O5. The number of halogens is 2. The van der Waals surface area contributed by atoms with Gasteiger partial charge < -0.3 is 35.1 Å². The third-order valence-corrected chi connectivity index (χ3v) is 15.7. The fraction of sp³-hybridized carbons (Fsp3) is 0.333. The highest BCUT2D eigenvalue weighted by atomic mass is 35.5. The van der Waals surface area contributed by atoms with Gasteiger partial charge in [-0.1, -0.05) is 142 Å². The van der Waals surface area contributed by atoms with Crippen molar-refractivity contribution in [3.63, 3.8) is 0 Å².